The van der Waals surface area contributed by atoms with Crippen LogP contribution in [0.5, 0.6) is 11.5 Å². The van der Waals surface area contributed by atoms with Crippen molar-refractivity contribution in [3.05, 3.63) is 99.9 Å². The van der Waals surface area contributed by atoms with Gasteiger partial charge in [0.25, 0.3) is 12.4 Å². The zero-order valence-corrected chi connectivity index (χ0v) is 24.2. The van der Waals surface area contributed by atoms with Crippen LogP contribution < -0.4 is 14.8 Å². The van der Waals surface area contributed by atoms with Crippen LogP contribution in [-0.2, 0) is 16.1 Å². The summed E-state index contributed by atoms with van der Waals surface area (Å²) in [5.74, 6) is -3.19. The van der Waals surface area contributed by atoms with E-state index in [1.165, 1.54) is 16.7 Å². The second-order valence-electron chi connectivity index (χ2n) is 10.4. The van der Waals surface area contributed by atoms with E-state index in [2.05, 4.69) is 37.4 Å². The lowest BCUT2D eigenvalue weighted by Crippen LogP contribution is -2.39. The Kier molecular flexibility index (Phi) is 10.8. The van der Waals surface area contributed by atoms with E-state index in [9.17, 15) is 18.0 Å². The summed E-state index contributed by atoms with van der Waals surface area (Å²) in [5, 5.41) is 10.3. The fourth-order valence-corrected chi connectivity index (χ4v) is 5.02. The van der Waals surface area contributed by atoms with Gasteiger partial charge in [-0.05, 0) is 79.6 Å². The normalized spacial score (nSPS) is 14.4. The molecule has 0 atom stereocenters. The quantitative estimate of drug-likeness (QED) is 0.227. The summed E-state index contributed by atoms with van der Waals surface area (Å²) in [6.07, 6.45) is 2.80. The number of aryl methyl sites for hydroxylation is 1. The van der Waals surface area contributed by atoms with E-state index in [-0.39, 0.29) is 31.6 Å². The molecule has 0 saturated heterocycles. The number of halogens is 3. The number of ether oxygens (including phenoxy) is 2. The Balaban J connectivity index is 0.00000135. The molecule has 10 heteroatoms. The summed E-state index contributed by atoms with van der Waals surface area (Å²) >= 11 is 0. The summed E-state index contributed by atoms with van der Waals surface area (Å²) in [4.78, 5) is 24.3. The predicted molar refractivity (Wildman–Crippen MR) is 156 cm³/mol. The minimum Gasteiger partial charge on any atom is -0.490 e. The molecule has 3 aromatic rings. The summed E-state index contributed by atoms with van der Waals surface area (Å²) in [5.41, 5.74) is 6.43. The minimum atomic E-state index is -1.10. The monoisotopic (exact) mass is 596 g/mol. The average Bonchev–Trinajstić information content (AvgIpc) is 3.83. The Labute approximate surface area is 248 Å². The molecule has 0 aromatic heterocycles. The van der Waals surface area contributed by atoms with Crippen LogP contribution in [0.1, 0.15) is 41.5 Å². The SMILES string of the molecule is Cc1cccc(CN(C(=O)C2=C(c3ccc(OCCOc4c(F)cc(F)cc4F)cc3)CCNC2)C2CC2)c1C.O=CO. The zero-order chi connectivity index (χ0) is 30.9. The van der Waals surface area contributed by atoms with Crippen LogP contribution in [-0.4, -0.2) is 54.7 Å². The number of amides is 1. The van der Waals surface area contributed by atoms with E-state index in [1.54, 1.807) is 12.1 Å². The van der Waals surface area contributed by atoms with E-state index in [0.29, 0.717) is 31.0 Å². The fourth-order valence-electron chi connectivity index (χ4n) is 5.02. The molecule has 1 heterocycles. The van der Waals surface area contributed by atoms with Gasteiger partial charge in [0.1, 0.15) is 24.8 Å². The first-order valence-corrected chi connectivity index (χ1v) is 14.1. The average molecular weight is 597 g/mol. The molecule has 1 aliphatic heterocycles. The van der Waals surface area contributed by atoms with Crippen LogP contribution in [0.2, 0.25) is 0 Å². The van der Waals surface area contributed by atoms with Crippen molar-refractivity contribution in [2.75, 3.05) is 26.3 Å². The molecule has 1 amide bonds. The first-order chi connectivity index (χ1) is 20.7. The van der Waals surface area contributed by atoms with Gasteiger partial charge in [0.05, 0.1) is 0 Å². The number of rotatable bonds is 10. The molecule has 43 heavy (non-hydrogen) atoms. The molecule has 0 unspecified atom stereocenters. The topological polar surface area (TPSA) is 88.1 Å². The highest BCUT2D eigenvalue weighted by Crippen LogP contribution is 2.34. The van der Waals surface area contributed by atoms with Crippen molar-refractivity contribution in [2.45, 2.75) is 45.7 Å². The van der Waals surface area contributed by atoms with Crippen molar-refractivity contribution in [1.29, 1.82) is 0 Å². The van der Waals surface area contributed by atoms with Gasteiger partial charge in [-0.15, -0.1) is 0 Å². The largest absolute Gasteiger partial charge is 0.490 e. The highest BCUT2D eigenvalue weighted by atomic mass is 19.1. The van der Waals surface area contributed by atoms with Gasteiger partial charge in [0, 0.05) is 36.8 Å². The summed E-state index contributed by atoms with van der Waals surface area (Å²) in [6, 6.07) is 15.1. The van der Waals surface area contributed by atoms with E-state index >= 15 is 0 Å². The summed E-state index contributed by atoms with van der Waals surface area (Å²) < 4.78 is 51.3. The van der Waals surface area contributed by atoms with E-state index in [1.807, 2.05) is 17.0 Å². The Morgan fingerprint density at radius 2 is 1.67 bits per heavy atom. The lowest BCUT2D eigenvalue weighted by atomic mass is 9.93. The number of benzene rings is 3. The van der Waals surface area contributed by atoms with Crippen LogP contribution in [0.25, 0.3) is 5.57 Å². The minimum absolute atomic E-state index is 0.0423. The molecule has 1 fully saturated rings. The smallest absolute Gasteiger partial charge is 0.290 e. The fraction of sp³-hybridized carbons (Fsp3) is 0.333. The third-order valence-corrected chi connectivity index (χ3v) is 7.55. The van der Waals surface area contributed by atoms with Crippen molar-refractivity contribution < 1.29 is 37.3 Å². The maximum absolute atomic E-state index is 13.9. The maximum Gasteiger partial charge on any atom is 0.290 e. The van der Waals surface area contributed by atoms with Crippen LogP contribution in [0.4, 0.5) is 13.2 Å². The van der Waals surface area contributed by atoms with Crippen molar-refractivity contribution in [1.82, 2.24) is 10.2 Å². The second-order valence-corrected chi connectivity index (χ2v) is 10.4. The molecule has 7 nitrogen and oxygen atoms in total. The number of carboxylic acid groups (broad SMARTS) is 1. The molecule has 228 valence electrons. The van der Waals surface area contributed by atoms with Crippen LogP contribution in [0, 0.1) is 31.3 Å². The molecular weight excluding hydrogens is 561 g/mol. The van der Waals surface area contributed by atoms with Gasteiger partial charge in [-0.1, -0.05) is 30.3 Å². The molecule has 1 aliphatic carbocycles. The molecule has 0 radical (unpaired) electrons. The molecule has 3 aromatic carbocycles. The number of carbonyl (C=O) groups is 2. The van der Waals surface area contributed by atoms with Gasteiger partial charge < -0.3 is 24.8 Å². The first-order valence-electron chi connectivity index (χ1n) is 14.1. The Bertz CT molecular complexity index is 1450. The van der Waals surface area contributed by atoms with Gasteiger partial charge in [0.2, 0.25) is 0 Å². The number of carbonyl (C=O) groups excluding carboxylic acids is 1. The van der Waals surface area contributed by atoms with Crippen molar-refractivity contribution in [3.8, 4) is 11.5 Å². The lowest BCUT2D eigenvalue weighted by molar-refractivity contribution is -0.128. The number of hydrogen-bond acceptors (Lipinski definition) is 5. The molecule has 1 saturated carbocycles. The summed E-state index contributed by atoms with van der Waals surface area (Å²) in [7, 11) is 0. The molecular formula is C33H35F3N2O5. The second kappa shape index (κ2) is 14.7. The summed E-state index contributed by atoms with van der Waals surface area (Å²) in [6.45, 7) is 5.81. The lowest BCUT2D eigenvalue weighted by Gasteiger charge is -2.29. The highest BCUT2D eigenvalue weighted by molar-refractivity contribution is 6.02. The first kappa shape index (κ1) is 31.6. The van der Waals surface area contributed by atoms with Gasteiger partial charge in [-0.2, -0.15) is 0 Å². The van der Waals surface area contributed by atoms with Gasteiger partial charge >= 0.3 is 0 Å². The van der Waals surface area contributed by atoms with Gasteiger partial charge in [-0.3, -0.25) is 9.59 Å². The maximum atomic E-state index is 13.9. The predicted octanol–water partition coefficient (Wildman–Crippen LogP) is 5.82. The number of nitrogens with one attached hydrogen (secondary N) is 1. The van der Waals surface area contributed by atoms with Crippen LogP contribution >= 0.6 is 0 Å². The molecule has 2 aliphatic rings. The van der Waals surface area contributed by atoms with Gasteiger partial charge in [-0.25, -0.2) is 13.2 Å². The third-order valence-electron chi connectivity index (χ3n) is 7.55. The van der Waals surface area contributed by atoms with Crippen molar-refractivity contribution >= 4 is 18.0 Å². The zero-order valence-electron chi connectivity index (χ0n) is 24.2. The third kappa shape index (κ3) is 8.16. The van der Waals surface area contributed by atoms with Crippen molar-refractivity contribution in [3.63, 3.8) is 0 Å². The molecule has 5 rings (SSSR count). The number of hydrogen-bond donors (Lipinski definition) is 2. The number of nitrogens with zero attached hydrogens (tertiary/aromatic N) is 1. The van der Waals surface area contributed by atoms with Crippen LogP contribution in [0.15, 0.2) is 60.2 Å². The van der Waals surface area contributed by atoms with Crippen LogP contribution in [0.3, 0.4) is 0 Å². The van der Waals surface area contributed by atoms with E-state index < -0.39 is 23.2 Å². The highest BCUT2D eigenvalue weighted by Gasteiger charge is 2.35. The Hall–Kier alpha value is -4.31. The molecule has 0 bridgehead atoms. The standard InChI is InChI=1S/C32H33F3N2O3.CH2O2/c1-20-4-3-5-23(21(20)2)19-37(25-8-9-25)32(38)28-18-36-13-12-27(28)22-6-10-26(11-7-22)39-14-15-40-31-29(34)16-24(33)17-30(31)35;2-1-3/h3-7,10-11,16-17,25,36H,8-9,12-15,18-19H2,1-2H3;1H,(H,2,3). The van der Waals surface area contributed by atoms with Crippen molar-refractivity contribution in [2.24, 2.45) is 0 Å². The van der Waals surface area contributed by atoms with E-state index in [4.69, 9.17) is 19.4 Å². The molecule has 2 N–H and O–H groups in total. The van der Waals surface area contributed by atoms with E-state index in [0.717, 1.165) is 42.5 Å². The molecule has 0 spiro atoms. The Morgan fingerprint density at radius 1 is 1.02 bits per heavy atom. The Morgan fingerprint density at radius 3 is 2.33 bits per heavy atom. The van der Waals surface area contributed by atoms with Gasteiger partial charge in [0.15, 0.2) is 17.4 Å².